The lowest BCUT2D eigenvalue weighted by atomic mass is 9.89. The van der Waals surface area contributed by atoms with Crippen molar-refractivity contribution in [1.29, 1.82) is 0 Å². The van der Waals surface area contributed by atoms with Crippen molar-refractivity contribution in [1.82, 2.24) is 5.32 Å². The molecule has 0 aliphatic heterocycles. The van der Waals surface area contributed by atoms with Crippen LogP contribution in [0.3, 0.4) is 0 Å². The number of hydrogen-bond acceptors (Lipinski definition) is 2. The van der Waals surface area contributed by atoms with Crippen molar-refractivity contribution in [2.45, 2.75) is 64.5 Å². The highest BCUT2D eigenvalue weighted by Crippen LogP contribution is 2.37. The lowest BCUT2D eigenvalue weighted by molar-refractivity contribution is -0.119. The minimum atomic E-state index is 0.0174. The molecule has 0 saturated heterocycles. The molecule has 1 saturated carbocycles. The number of hydrogen-bond donors (Lipinski definition) is 1. The Bertz CT molecular complexity index is 1010. The second kappa shape index (κ2) is 10.00. The quantitative estimate of drug-likeness (QED) is 0.472. The van der Waals surface area contributed by atoms with E-state index in [0.717, 1.165) is 12.1 Å². The van der Waals surface area contributed by atoms with E-state index in [-0.39, 0.29) is 5.91 Å². The van der Waals surface area contributed by atoms with Crippen LogP contribution in [0, 0.1) is 0 Å². The van der Waals surface area contributed by atoms with Crippen LogP contribution in [0.25, 0.3) is 10.8 Å². The van der Waals surface area contributed by atoms with Crippen LogP contribution in [0.15, 0.2) is 66.7 Å². The molecule has 3 aromatic rings. The molecule has 1 amide bonds. The van der Waals surface area contributed by atoms with Gasteiger partial charge in [0.25, 0.3) is 0 Å². The van der Waals surface area contributed by atoms with E-state index in [1.807, 2.05) is 0 Å². The van der Waals surface area contributed by atoms with Gasteiger partial charge in [-0.15, -0.1) is 0 Å². The fourth-order valence-electron chi connectivity index (χ4n) is 5.14. The molecular weight excluding hydrogens is 380 g/mol. The molecule has 3 nitrogen and oxygen atoms in total. The maximum atomic E-state index is 11.2. The molecule has 2 unspecified atom stereocenters. The van der Waals surface area contributed by atoms with Gasteiger partial charge in [-0.25, -0.2) is 0 Å². The Hall–Kier alpha value is -2.81. The highest BCUT2D eigenvalue weighted by atomic mass is 16.1. The number of benzene rings is 3. The molecule has 4 rings (SSSR count). The summed E-state index contributed by atoms with van der Waals surface area (Å²) in [4.78, 5) is 13.8. The van der Waals surface area contributed by atoms with Crippen LogP contribution < -0.4 is 10.2 Å². The van der Waals surface area contributed by atoms with E-state index in [9.17, 15) is 4.79 Å². The average Bonchev–Trinajstić information content (AvgIpc) is 3.05. The number of anilines is 1. The molecule has 0 spiro atoms. The zero-order valence-corrected chi connectivity index (χ0v) is 18.8. The van der Waals surface area contributed by atoms with Crippen molar-refractivity contribution in [3.63, 3.8) is 0 Å². The summed E-state index contributed by atoms with van der Waals surface area (Å²) < 4.78 is 0. The number of nitrogens with zero attached hydrogens (tertiary/aromatic N) is 1. The van der Waals surface area contributed by atoms with E-state index in [4.69, 9.17) is 0 Å². The SMILES string of the molecule is CCN(c1cccc2ccccc12)C1CCCCC(c2ccc(CNC(C)=O)cc2)C1. The van der Waals surface area contributed by atoms with Gasteiger partial charge in [0.1, 0.15) is 0 Å². The molecule has 1 N–H and O–H groups in total. The standard InChI is InChI=1S/C28H34N2O/c1-3-30(28-14-8-11-24-9-5-7-13-27(24)28)26-12-6-4-10-25(19-26)23-17-15-22(16-18-23)20-29-21(2)31/h5,7-9,11,13-18,25-26H,3-4,6,10,12,19-20H2,1-2H3,(H,29,31). The van der Waals surface area contributed by atoms with Gasteiger partial charge in [-0.2, -0.15) is 0 Å². The third kappa shape index (κ3) is 5.10. The van der Waals surface area contributed by atoms with Gasteiger partial charge < -0.3 is 10.2 Å². The summed E-state index contributed by atoms with van der Waals surface area (Å²) in [5.74, 6) is 0.607. The Balaban J connectivity index is 1.55. The van der Waals surface area contributed by atoms with Gasteiger partial charge in [0.15, 0.2) is 0 Å². The number of carbonyl (C=O) groups is 1. The molecule has 1 aliphatic carbocycles. The second-order valence-electron chi connectivity index (χ2n) is 8.81. The first-order valence-electron chi connectivity index (χ1n) is 11.7. The third-order valence-electron chi connectivity index (χ3n) is 6.75. The van der Waals surface area contributed by atoms with Gasteiger partial charge in [-0.05, 0) is 54.7 Å². The van der Waals surface area contributed by atoms with E-state index >= 15 is 0 Å². The molecule has 2 atom stereocenters. The summed E-state index contributed by atoms with van der Waals surface area (Å²) in [5, 5.41) is 5.56. The fraction of sp³-hybridized carbons (Fsp3) is 0.393. The lowest BCUT2D eigenvalue weighted by Gasteiger charge is -2.35. The van der Waals surface area contributed by atoms with Gasteiger partial charge >= 0.3 is 0 Å². The third-order valence-corrected chi connectivity index (χ3v) is 6.75. The highest BCUT2D eigenvalue weighted by molar-refractivity contribution is 5.94. The number of rotatable bonds is 6. The van der Waals surface area contributed by atoms with E-state index in [1.54, 1.807) is 6.92 Å². The van der Waals surface area contributed by atoms with E-state index in [1.165, 1.54) is 54.1 Å². The molecule has 0 bridgehead atoms. The summed E-state index contributed by atoms with van der Waals surface area (Å²) in [6.45, 7) is 5.49. The zero-order valence-electron chi connectivity index (χ0n) is 18.8. The number of carbonyl (C=O) groups excluding carboxylic acids is 1. The van der Waals surface area contributed by atoms with Gasteiger partial charge in [-0.3, -0.25) is 4.79 Å². The van der Waals surface area contributed by atoms with Crippen molar-refractivity contribution in [3.05, 3.63) is 77.9 Å². The van der Waals surface area contributed by atoms with Crippen molar-refractivity contribution < 1.29 is 4.79 Å². The zero-order chi connectivity index (χ0) is 21.6. The first-order chi connectivity index (χ1) is 15.2. The Morgan fingerprint density at radius 3 is 2.48 bits per heavy atom. The van der Waals surface area contributed by atoms with Crippen LogP contribution in [0.2, 0.25) is 0 Å². The van der Waals surface area contributed by atoms with Gasteiger partial charge in [0.2, 0.25) is 5.91 Å². The monoisotopic (exact) mass is 414 g/mol. The maximum Gasteiger partial charge on any atom is 0.217 e. The first-order valence-corrected chi connectivity index (χ1v) is 11.7. The summed E-state index contributed by atoms with van der Waals surface area (Å²) in [6.07, 6.45) is 6.30. The Morgan fingerprint density at radius 2 is 1.71 bits per heavy atom. The van der Waals surface area contributed by atoms with Crippen LogP contribution >= 0.6 is 0 Å². The molecule has 3 heteroatoms. The minimum absolute atomic E-state index is 0.0174. The van der Waals surface area contributed by atoms with Crippen LogP contribution in [-0.2, 0) is 11.3 Å². The highest BCUT2D eigenvalue weighted by Gasteiger charge is 2.26. The molecule has 3 aromatic carbocycles. The molecule has 1 fully saturated rings. The predicted molar refractivity (Wildman–Crippen MR) is 131 cm³/mol. The smallest absolute Gasteiger partial charge is 0.217 e. The minimum Gasteiger partial charge on any atom is -0.368 e. The van der Waals surface area contributed by atoms with E-state index in [2.05, 4.69) is 83.9 Å². The molecule has 0 aromatic heterocycles. The normalized spacial score (nSPS) is 19.0. The Kier molecular flexibility index (Phi) is 6.91. The van der Waals surface area contributed by atoms with Crippen LogP contribution in [-0.4, -0.2) is 18.5 Å². The predicted octanol–water partition coefficient (Wildman–Crippen LogP) is 6.42. The second-order valence-corrected chi connectivity index (χ2v) is 8.81. The largest absolute Gasteiger partial charge is 0.368 e. The van der Waals surface area contributed by atoms with Crippen molar-refractivity contribution >= 4 is 22.4 Å². The number of fused-ring (bicyclic) bond motifs is 1. The molecule has 162 valence electrons. The average molecular weight is 415 g/mol. The molecular formula is C28H34N2O. The molecule has 0 radical (unpaired) electrons. The lowest BCUT2D eigenvalue weighted by Crippen LogP contribution is -2.36. The summed E-state index contributed by atoms with van der Waals surface area (Å²) in [5.41, 5.74) is 3.97. The van der Waals surface area contributed by atoms with E-state index < -0.39 is 0 Å². The van der Waals surface area contributed by atoms with Crippen LogP contribution in [0.5, 0.6) is 0 Å². The summed E-state index contributed by atoms with van der Waals surface area (Å²) >= 11 is 0. The molecule has 31 heavy (non-hydrogen) atoms. The van der Waals surface area contributed by atoms with Gasteiger partial charge in [-0.1, -0.05) is 73.5 Å². The first kappa shape index (κ1) is 21.4. The number of nitrogens with one attached hydrogen (secondary N) is 1. The van der Waals surface area contributed by atoms with Gasteiger partial charge in [0, 0.05) is 37.1 Å². The van der Waals surface area contributed by atoms with Gasteiger partial charge in [0.05, 0.1) is 0 Å². The topological polar surface area (TPSA) is 32.3 Å². The molecule has 0 heterocycles. The van der Waals surface area contributed by atoms with Crippen LogP contribution in [0.4, 0.5) is 5.69 Å². The van der Waals surface area contributed by atoms with Crippen molar-refractivity contribution in [2.24, 2.45) is 0 Å². The van der Waals surface area contributed by atoms with Crippen molar-refractivity contribution in [3.8, 4) is 0 Å². The number of amides is 1. The van der Waals surface area contributed by atoms with E-state index in [0.29, 0.717) is 18.5 Å². The fourth-order valence-corrected chi connectivity index (χ4v) is 5.14. The summed E-state index contributed by atoms with van der Waals surface area (Å²) in [7, 11) is 0. The Labute approximate surface area is 186 Å². The maximum absolute atomic E-state index is 11.2. The van der Waals surface area contributed by atoms with Crippen molar-refractivity contribution in [2.75, 3.05) is 11.4 Å². The Morgan fingerprint density at radius 1 is 0.968 bits per heavy atom. The molecule has 1 aliphatic rings. The van der Waals surface area contributed by atoms with Crippen LogP contribution in [0.1, 0.15) is 63.0 Å². The summed E-state index contributed by atoms with van der Waals surface area (Å²) in [6, 6.07) is 24.9.